The van der Waals surface area contributed by atoms with E-state index in [1.807, 2.05) is 5.38 Å². The van der Waals surface area contributed by atoms with Gasteiger partial charge in [-0.1, -0.05) is 0 Å². The summed E-state index contributed by atoms with van der Waals surface area (Å²) in [4.78, 5) is 6.84. The highest BCUT2D eigenvalue weighted by Crippen LogP contribution is 2.26. The first-order valence-electron chi connectivity index (χ1n) is 7.55. The number of hydrogen-bond acceptors (Lipinski definition) is 6. The normalized spacial score (nSPS) is 26.9. The van der Waals surface area contributed by atoms with Crippen molar-refractivity contribution in [3.63, 3.8) is 0 Å². The molecule has 0 aromatic carbocycles. The monoisotopic (exact) mass is 394 g/mol. The molecule has 2 saturated heterocycles. The number of alkyl halides is 1. The second kappa shape index (κ2) is 7.08. The van der Waals surface area contributed by atoms with Gasteiger partial charge in [0.05, 0.1) is 22.9 Å². The van der Waals surface area contributed by atoms with Gasteiger partial charge in [-0.05, 0) is 31.5 Å². The van der Waals surface area contributed by atoms with Crippen LogP contribution in [0.25, 0.3) is 0 Å². The van der Waals surface area contributed by atoms with Crippen molar-refractivity contribution in [3.05, 3.63) is 5.38 Å². The van der Waals surface area contributed by atoms with Crippen molar-refractivity contribution >= 4 is 61.1 Å². The van der Waals surface area contributed by atoms with Gasteiger partial charge in [-0.25, -0.2) is 13.4 Å². The smallest absolute Gasteiger partial charge is 0.187 e. The van der Waals surface area contributed by atoms with Gasteiger partial charge in [0.15, 0.2) is 20.1 Å². The van der Waals surface area contributed by atoms with E-state index < -0.39 is 15.2 Å². The maximum absolute atomic E-state index is 11.6. The summed E-state index contributed by atoms with van der Waals surface area (Å²) in [5.41, 5.74) is 0. The van der Waals surface area contributed by atoms with E-state index >= 15 is 0 Å². The van der Waals surface area contributed by atoms with Gasteiger partial charge in [0.2, 0.25) is 0 Å². The molecule has 23 heavy (non-hydrogen) atoms. The van der Waals surface area contributed by atoms with Crippen LogP contribution in [0.1, 0.15) is 19.3 Å². The third kappa shape index (κ3) is 4.46. The second-order valence-corrected chi connectivity index (χ2v) is 9.82. The van der Waals surface area contributed by atoms with Crippen LogP contribution in [0.4, 0.5) is 10.9 Å². The van der Waals surface area contributed by atoms with Crippen molar-refractivity contribution in [2.24, 2.45) is 0 Å². The molecule has 6 nitrogen and oxygen atoms in total. The molecule has 3 rings (SSSR count). The number of halogens is 1. The third-order valence-corrected chi connectivity index (χ3v) is 7.46. The van der Waals surface area contributed by atoms with E-state index in [1.54, 1.807) is 11.3 Å². The molecule has 2 atom stereocenters. The lowest BCUT2D eigenvalue weighted by Crippen LogP contribution is -2.42. The number of thiazole rings is 1. The molecule has 0 aliphatic carbocycles. The molecular formula is C13H19ClN4O2S3. The molecule has 0 radical (unpaired) electrons. The highest BCUT2D eigenvalue weighted by molar-refractivity contribution is 7.91. The summed E-state index contributed by atoms with van der Waals surface area (Å²) in [5.74, 6) is 0.684. The molecule has 1 aromatic rings. The summed E-state index contributed by atoms with van der Waals surface area (Å²) in [6.45, 7) is 2.09. The van der Waals surface area contributed by atoms with Crippen molar-refractivity contribution in [2.75, 3.05) is 34.8 Å². The number of aromatic nitrogens is 1. The van der Waals surface area contributed by atoms with E-state index in [0.717, 1.165) is 18.2 Å². The zero-order valence-electron chi connectivity index (χ0n) is 12.5. The molecule has 128 valence electrons. The van der Waals surface area contributed by atoms with Gasteiger partial charge in [-0.2, -0.15) is 0 Å². The number of piperidine rings is 1. The molecule has 0 bridgehead atoms. The van der Waals surface area contributed by atoms with Crippen molar-refractivity contribution in [1.29, 1.82) is 0 Å². The zero-order chi connectivity index (χ0) is 16.4. The molecule has 2 unspecified atom stereocenters. The maximum Gasteiger partial charge on any atom is 0.187 e. The Morgan fingerprint density at radius 1 is 1.35 bits per heavy atom. The van der Waals surface area contributed by atoms with Crippen LogP contribution >= 0.6 is 35.2 Å². The average Bonchev–Trinajstić information content (AvgIpc) is 3.04. The summed E-state index contributed by atoms with van der Waals surface area (Å²) in [7, 11) is -3.08. The molecule has 2 N–H and O–H groups in total. The van der Waals surface area contributed by atoms with Crippen LogP contribution in [0.5, 0.6) is 0 Å². The number of nitrogens with one attached hydrogen (secondary N) is 2. The quantitative estimate of drug-likeness (QED) is 0.598. The Hall–Kier alpha value is -0.640. The number of sulfone groups is 1. The number of anilines is 2. The molecule has 2 aliphatic rings. The summed E-state index contributed by atoms with van der Waals surface area (Å²) in [6.07, 6.45) is 3.69. The van der Waals surface area contributed by atoms with Gasteiger partial charge in [-0.15, -0.1) is 22.9 Å². The Morgan fingerprint density at radius 3 is 2.74 bits per heavy atom. The Kier molecular flexibility index (Phi) is 5.29. The molecule has 2 aliphatic heterocycles. The Morgan fingerprint density at radius 2 is 2.09 bits per heavy atom. The van der Waals surface area contributed by atoms with Crippen LogP contribution in [0.15, 0.2) is 5.38 Å². The fourth-order valence-electron chi connectivity index (χ4n) is 2.81. The lowest BCUT2D eigenvalue weighted by molar-refractivity contribution is 0.577. The summed E-state index contributed by atoms with van der Waals surface area (Å²) in [6, 6.07) is -0.359. The number of rotatable bonds is 3. The summed E-state index contributed by atoms with van der Waals surface area (Å²) in [5, 5.41) is 8.81. The van der Waals surface area contributed by atoms with Gasteiger partial charge in [0.25, 0.3) is 0 Å². The number of thiocarbonyl (C=S) groups is 1. The molecule has 3 heterocycles. The van der Waals surface area contributed by atoms with E-state index in [9.17, 15) is 8.42 Å². The minimum absolute atomic E-state index is 0.00928. The molecule has 0 saturated carbocycles. The maximum atomic E-state index is 11.6. The van der Waals surface area contributed by atoms with Gasteiger partial charge in [0.1, 0.15) is 5.82 Å². The number of hydrogen-bond donors (Lipinski definition) is 2. The molecule has 1 aromatic heterocycles. The van der Waals surface area contributed by atoms with Crippen LogP contribution in [0.3, 0.4) is 0 Å². The van der Waals surface area contributed by atoms with Gasteiger partial charge in [-0.3, -0.25) is 0 Å². The largest absolute Gasteiger partial charge is 0.357 e. The lowest BCUT2D eigenvalue weighted by Gasteiger charge is -2.25. The fraction of sp³-hybridized carbons (Fsp3) is 0.692. The van der Waals surface area contributed by atoms with E-state index in [1.165, 1.54) is 19.3 Å². The van der Waals surface area contributed by atoms with Crippen molar-refractivity contribution < 1.29 is 8.42 Å². The SMILES string of the molecule is O=S1(=O)CC(Cl)C(NC(=S)Nc2csc(N3CCCCC3)n2)C1. The van der Waals surface area contributed by atoms with E-state index in [2.05, 4.69) is 20.5 Å². The first kappa shape index (κ1) is 17.2. The van der Waals surface area contributed by atoms with Crippen molar-refractivity contribution in [1.82, 2.24) is 10.3 Å². The standard InChI is InChI=1S/C13H19ClN4O2S3/c14-9-7-23(19,20)8-10(9)15-12(21)16-11-6-22-13(17-11)18-4-2-1-3-5-18/h6,9-10H,1-5,7-8H2,(H2,15,16,21). The molecule has 0 spiro atoms. The van der Waals surface area contributed by atoms with Crippen LogP contribution in [-0.4, -0.2) is 54.5 Å². The Labute approximate surface area is 150 Å². The molecule has 10 heteroatoms. The molecule has 2 fully saturated rings. The highest BCUT2D eigenvalue weighted by Gasteiger charge is 2.36. The van der Waals surface area contributed by atoms with Gasteiger partial charge >= 0.3 is 0 Å². The zero-order valence-corrected chi connectivity index (χ0v) is 15.7. The van der Waals surface area contributed by atoms with Gasteiger partial charge < -0.3 is 15.5 Å². The fourth-order valence-corrected chi connectivity index (χ4v) is 6.43. The van der Waals surface area contributed by atoms with E-state index in [4.69, 9.17) is 23.8 Å². The predicted molar refractivity (Wildman–Crippen MR) is 99.6 cm³/mol. The van der Waals surface area contributed by atoms with Crippen LogP contribution in [0.2, 0.25) is 0 Å². The summed E-state index contributed by atoms with van der Waals surface area (Å²) < 4.78 is 23.1. The topological polar surface area (TPSA) is 74.3 Å². The third-order valence-electron chi connectivity index (χ3n) is 3.96. The second-order valence-electron chi connectivity index (χ2n) is 5.86. The lowest BCUT2D eigenvalue weighted by atomic mass is 10.1. The first-order valence-corrected chi connectivity index (χ1v) is 11.1. The average molecular weight is 395 g/mol. The number of nitrogens with zero attached hydrogens (tertiary/aromatic N) is 2. The van der Waals surface area contributed by atoms with Crippen LogP contribution < -0.4 is 15.5 Å². The van der Waals surface area contributed by atoms with Crippen molar-refractivity contribution in [2.45, 2.75) is 30.7 Å². The van der Waals surface area contributed by atoms with Crippen LogP contribution in [0, 0.1) is 0 Å². The minimum Gasteiger partial charge on any atom is -0.357 e. The minimum atomic E-state index is -3.08. The van der Waals surface area contributed by atoms with Crippen LogP contribution in [-0.2, 0) is 9.84 Å². The summed E-state index contributed by atoms with van der Waals surface area (Å²) >= 11 is 12.9. The molecule has 0 amide bonds. The highest BCUT2D eigenvalue weighted by atomic mass is 35.5. The molecular weight excluding hydrogens is 376 g/mol. The van der Waals surface area contributed by atoms with E-state index in [0.29, 0.717) is 10.9 Å². The Bertz CT molecular complexity index is 673. The Balaban J connectivity index is 1.55. The van der Waals surface area contributed by atoms with E-state index in [-0.39, 0.29) is 17.5 Å². The van der Waals surface area contributed by atoms with Crippen molar-refractivity contribution in [3.8, 4) is 0 Å². The van der Waals surface area contributed by atoms with Gasteiger partial charge in [0, 0.05) is 18.5 Å². The first-order chi connectivity index (χ1) is 10.9. The predicted octanol–water partition coefficient (Wildman–Crippen LogP) is 1.82.